The number of amides is 1. The number of carboxylic acid groups (broad SMARTS) is 1. The predicted molar refractivity (Wildman–Crippen MR) is 154 cm³/mol. The third kappa shape index (κ3) is 7.16. The molecule has 0 radical (unpaired) electrons. The molecule has 0 bridgehead atoms. The quantitative estimate of drug-likeness (QED) is 0.159. The van der Waals surface area contributed by atoms with Gasteiger partial charge in [-0.2, -0.15) is 26.3 Å². The minimum Gasteiger partial charge on any atom is -0.487 e. The Balaban J connectivity index is 1.59. The van der Waals surface area contributed by atoms with E-state index in [1.807, 2.05) is 45.2 Å². The molecule has 1 atom stereocenters. The van der Waals surface area contributed by atoms with Gasteiger partial charge in [0.05, 0.1) is 18.3 Å². The second kappa shape index (κ2) is 12.2. The van der Waals surface area contributed by atoms with Crippen LogP contribution < -0.4 is 4.74 Å². The number of hydrogen-bond acceptors (Lipinski definition) is 3. The van der Waals surface area contributed by atoms with Gasteiger partial charge >= 0.3 is 18.3 Å². The van der Waals surface area contributed by atoms with Gasteiger partial charge in [0, 0.05) is 19.0 Å². The van der Waals surface area contributed by atoms with Crippen molar-refractivity contribution in [1.82, 2.24) is 4.90 Å². The van der Waals surface area contributed by atoms with Crippen molar-refractivity contribution in [3.05, 3.63) is 101 Å². The molecule has 0 aromatic heterocycles. The topological polar surface area (TPSA) is 66.8 Å². The molecule has 41 heavy (non-hydrogen) atoms. The standard InChI is InChI=1S/C28H19F6I2NO4/c29-27(30,31)18-8-5-15(6-9-18)14-41-25-21(35)11-17-12-22(26(39)40)37(13-19(17)24(25)36)23(38)10-7-16-3-1-2-4-20(16)28(32,33)34/h1-11,22H,12-14H2,(H,39,40)/b10-7+/t22-/m0/s1. The van der Waals surface area contributed by atoms with E-state index in [1.165, 1.54) is 30.3 Å². The normalized spacial score (nSPS) is 15.6. The number of aliphatic carboxylic acids is 1. The van der Waals surface area contributed by atoms with Crippen LogP contribution in [0.1, 0.15) is 33.4 Å². The number of fused-ring (bicyclic) bond motifs is 1. The van der Waals surface area contributed by atoms with Gasteiger partial charge in [0.2, 0.25) is 5.91 Å². The SMILES string of the molecule is O=C(O)[C@@H]1Cc2cc(I)c(OCc3ccc(C(F)(F)F)cc3)c(I)c2CN1C(=O)/C=C/c1ccccc1C(F)(F)F. The van der Waals surface area contributed by atoms with Crippen LogP contribution in [0.15, 0.2) is 60.7 Å². The van der Waals surface area contributed by atoms with Crippen molar-refractivity contribution in [3.8, 4) is 5.75 Å². The van der Waals surface area contributed by atoms with Crippen LogP contribution >= 0.6 is 45.2 Å². The number of ether oxygens (including phenoxy) is 1. The van der Waals surface area contributed by atoms with Crippen LogP contribution in [0.25, 0.3) is 6.08 Å². The summed E-state index contributed by atoms with van der Waals surface area (Å²) in [6, 6.07) is 9.72. The van der Waals surface area contributed by atoms with Crippen LogP contribution in [0, 0.1) is 7.14 Å². The van der Waals surface area contributed by atoms with E-state index in [-0.39, 0.29) is 25.1 Å². The van der Waals surface area contributed by atoms with Crippen LogP contribution in [0.3, 0.4) is 0 Å². The molecule has 1 amide bonds. The number of carboxylic acids is 1. The lowest BCUT2D eigenvalue weighted by Crippen LogP contribution is -2.48. The Hall–Kier alpha value is -2.82. The van der Waals surface area contributed by atoms with E-state index in [1.54, 1.807) is 6.07 Å². The minimum absolute atomic E-state index is 0.0332. The zero-order valence-corrected chi connectivity index (χ0v) is 25.0. The third-order valence-corrected chi connectivity index (χ3v) is 8.33. The maximum atomic E-state index is 13.3. The van der Waals surface area contributed by atoms with E-state index in [0.717, 1.165) is 35.3 Å². The molecule has 216 valence electrons. The number of hydrogen-bond donors (Lipinski definition) is 1. The van der Waals surface area contributed by atoms with Crippen molar-refractivity contribution < 1.29 is 45.8 Å². The molecule has 13 heteroatoms. The molecule has 0 saturated carbocycles. The Labute approximate surface area is 257 Å². The van der Waals surface area contributed by atoms with Crippen LogP contribution in [0.5, 0.6) is 5.75 Å². The van der Waals surface area contributed by atoms with Crippen molar-refractivity contribution in [3.63, 3.8) is 0 Å². The summed E-state index contributed by atoms with van der Waals surface area (Å²) in [4.78, 5) is 26.2. The smallest absolute Gasteiger partial charge is 0.416 e. The van der Waals surface area contributed by atoms with E-state index >= 15 is 0 Å². The van der Waals surface area contributed by atoms with E-state index < -0.39 is 41.4 Å². The lowest BCUT2D eigenvalue weighted by Gasteiger charge is -2.35. The molecule has 4 rings (SSSR count). The van der Waals surface area contributed by atoms with Crippen molar-refractivity contribution in [2.75, 3.05) is 0 Å². The molecule has 1 heterocycles. The van der Waals surface area contributed by atoms with E-state index in [0.29, 0.717) is 29.6 Å². The molecule has 1 N–H and O–H groups in total. The Morgan fingerprint density at radius 2 is 1.66 bits per heavy atom. The maximum Gasteiger partial charge on any atom is 0.416 e. The van der Waals surface area contributed by atoms with Gasteiger partial charge in [0.1, 0.15) is 18.4 Å². The van der Waals surface area contributed by atoms with Crippen molar-refractivity contribution in [2.24, 2.45) is 0 Å². The summed E-state index contributed by atoms with van der Waals surface area (Å²) in [5.41, 5.74) is -0.170. The Bertz CT molecular complexity index is 1500. The highest BCUT2D eigenvalue weighted by atomic mass is 127. The first-order chi connectivity index (χ1) is 19.2. The molecule has 0 fully saturated rings. The fraction of sp³-hybridized carbons (Fsp3) is 0.214. The maximum absolute atomic E-state index is 13.3. The van der Waals surface area contributed by atoms with Gasteiger partial charge in [-0.1, -0.05) is 30.3 Å². The summed E-state index contributed by atoms with van der Waals surface area (Å²) in [6.45, 7) is -0.174. The fourth-order valence-electron chi connectivity index (χ4n) is 4.33. The molecule has 1 aliphatic rings. The van der Waals surface area contributed by atoms with Gasteiger partial charge in [0.25, 0.3) is 0 Å². The van der Waals surface area contributed by atoms with Crippen LogP contribution in [0.2, 0.25) is 0 Å². The van der Waals surface area contributed by atoms with Gasteiger partial charge in [-0.05, 0) is 97.8 Å². The predicted octanol–water partition coefficient (Wildman–Crippen LogP) is 7.56. The van der Waals surface area contributed by atoms with E-state index in [2.05, 4.69) is 0 Å². The largest absolute Gasteiger partial charge is 0.487 e. The molecule has 0 saturated heterocycles. The number of carbonyl (C=O) groups excluding carboxylic acids is 1. The third-order valence-electron chi connectivity index (χ3n) is 6.39. The first-order valence-corrected chi connectivity index (χ1v) is 14.0. The molecule has 3 aromatic carbocycles. The van der Waals surface area contributed by atoms with Crippen LogP contribution in [0.4, 0.5) is 26.3 Å². The zero-order chi connectivity index (χ0) is 30.1. The summed E-state index contributed by atoms with van der Waals surface area (Å²) in [5.74, 6) is -1.62. The van der Waals surface area contributed by atoms with Crippen molar-refractivity contribution in [2.45, 2.75) is 38.0 Å². The van der Waals surface area contributed by atoms with Crippen LogP contribution in [-0.2, 0) is 41.5 Å². The van der Waals surface area contributed by atoms with Crippen molar-refractivity contribution in [1.29, 1.82) is 0 Å². The average molecular weight is 801 g/mol. The minimum atomic E-state index is -4.64. The number of halogens is 8. The number of carbonyl (C=O) groups is 2. The van der Waals surface area contributed by atoms with E-state index in [4.69, 9.17) is 4.74 Å². The zero-order valence-electron chi connectivity index (χ0n) is 20.7. The average Bonchev–Trinajstić information content (AvgIpc) is 2.90. The second-order valence-corrected chi connectivity index (χ2v) is 11.3. The number of benzene rings is 3. The lowest BCUT2D eigenvalue weighted by atomic mass is 9.93. The monoisotopic (exact) mass is 801 g/mol. The summed E-state index contributed by atoms with van der Waals surface area (Å²) in [7, 11) is 0. The van der Waals surface area contributed by atoms with Crippen LogP contribution in [-0.4, -0.2) is 27.9 Å². The molecule has 1 aliphatic heterocycles. The second-order valence-electron chi connectivity index (χ2n) is 9.07. The Morgan fingerprint density at radius 3 is 2.27 bits per heavy atom. The van der Waals surface area contributed by atoms with Crippen molar-refractivity contribution >= 4 is 63.1 Å². The first kappa shape index (κ1) is 31.1. The van der Waals surface area contributed by atoms with Gasteiger partial charge in [-0.3, -0.25) is 4.79 Å². The van der Waals surface area contributed by atoms with E-state index in [9.17, 15) is 41.0 Å². The van der Waals surface area contributed by atoms with Gasteiger partial charge in [-0.15, -0.1) is 0 Å². The lowest BCUT2D eigenvalue weighted by molar-refractivity contribution is -0.149. The van der Waals surface area contributed by atoms with Gasteiger partial charge < -0.3 is 14.7 Å². The Kier molecular flexibility index (Phi) is 9.26. The Morgan fingerprint density at radius 1 is 1.00 bits per heavy atom. The van der Waals surface area contributed by atoms with Gasteiger partial charge in [0.15, 0.2) is 0 Å². The fourth-order valence-corrected chi connectivity index (χ4v) is 6.61. The summed E-state index contributed by atoms with van der Waals surface area (Å²) in [5, 5.41) is 9.83. The molecule has 0 spiro atoms. The first-order valence-electron chi connectivity index (χ1n) is 11.8. The molecule has 5 nitrogen and oxygen atoms in total. The van der Waals surface area contributed by atoms with Gasteiger partial charge in [-0.25, -0.2) is 4.79 Å². The highest BCUT2D eigenvalue weighted by molar-refractivity contribution is 14.1. The molecule has 0 unspecified atom stereocenters. The highest BCUT2D eigenvalue weighted by Gasteiger charge is 2.36. The highest BCUT2D eigenvalue weighted by Crippen LogP contribution is 2.38. The summed E-state index contributed by atoms with van der Waals surface area (Å²) in [6.07, 6.45) is -7.20. The number of nitrogens with zero attached hydrogens (tertiary/aromatic N) is 1. The molecular formula is C28H19F6I2NO4. The number of rotatable bonds is 6. The summed E-state index contributed by atoms with van der Waals surface area (Å²) < 4.78 is 85.8. The molecular weight excluding hydrogens is 782 g/mol. The number of alkyl halides is 6. The molecule has 0 aliphatic carbocycles. The summed E-state index contributed by atoms with van der Waals surface area (Å²) >= 11 is 4.02. The molecule has 3 aromatic rings.